The molecule has 0 aliphatic rings. The van der Waals surface area contributed by atoms with Gasteiger partial charge in [0.1, 0.15) is 0 Å². The first-order chi connectivity index (χ1) is 10.0. The number of hydrogen-bond donors (Lipinski definition) is 2. The first-order valence-electron chi connectivity index (χ1n) is 6.38. The Bertz CT molecular complexity index is 654. The maximum Gasteiger partial charge on any atom is 0.183 e. The largest absolute Gasteiger partial charge is 0.544 e. The number of carboxylic acid groups (broad SMARTS) is 1. The summed E-state index contributed by atoms with van der Waals surface area (Å²) >= 11 is 1.04. The third-order valence-corrected chi connectivity index (χ3v) is 3.84. The normalized spacial score (nSPS) is 10.4. The number of hydrogen-bond acceptors (Lipinski definition) is 7. The van der Waals surface area contributed by atoms with E-state index in [2.05, 4.69) is 10.3 Å². The zero-order valence-corrected chi connectivity index (χ0v) is 12.5. The van der Waals surface area contributed by atoms with Crippen molar-refractivity contribution in [2.24, 2.45) is 0 Å². The number of benzene rings is 1. The Morgan fingerprint density at radius 3 is 2.90 bits per heavy atom. The van der Waals surface area contributed by atoms with E-state index in [0.29, 0.717) is 29.7 Å². The lowest BCUT2D eigenvalue weighted by Gasteiger charge is -2.08. The fourth-order valence-electron chi connectivity index (χ4n) is 1.78. The van der Waals surface area contributed by atoms with Crippen molar-refractivity contribution < 1.29 is 19.7 Å². The van der Waals surface area contributed by atoms with Crippen molar-refractivity contribution in [3.8, 4) is 11.5 Å². The smallest absolute Gasteiger partial charge is 0.183 e. The van der Waals surface area contributed by atoms with Gasteiger partial charge < -0.3 is 25.1 Å². The van der Waals surface area contributed by atoms with E-state index in [1.54, 1.807) is 25.1 Å². The van der Waals surface area contributed by atoms with Crippen molar-refractivity contribution >= 4 is 22.4 Å². The second-order valence-corrected chi connectivity index (χ2v) is 5.31. The molecule has 1 heterocycles. The molecule has 0 saturated carbocycles. The number of aromatic hydroxyl groups is 1. The molecule has 1 aromatic heterocycles. The molecule has 2 N–H and O–H groups in total. The van der Waals surface area contributed by atoms with Gasteiger partial charge in [0.05, 0.1) is 23.1 Å². The van der Waals surface area contributed by atoms with E-state index in [1.165, 1.54) is 0 Å². The molecule has 2 rings (SSSR count). The molecule has 0 spiro atoms. The molecule has 0 fully saturated rings. The number of carbonyl (C=O) groups is 1. The number of carbonyl (C=O) groups excluding carboxylic acids is 1. The summed E-state index contributed by atoms with van der Waals surface area (Å²) in [5, 5.41) is 24.0. The van der Waals surface area contributed by atoms with Gasteiger partial charge in [0.25, 0.3) is 0 Å². The lowest BCUT2D eigenvalue weighted by atomic mass is 10.2. The molecule has 7 heteroatoms. The van der Waals surface area contributed by atoms with Gasteiger partial charge in [-0.05, 0) is 31.5 Å². The van der Waals surface area contributed by atoms with Crippen LogP contribution in [-0.2, 0) is 6.54 Å². The Morgan fingerprint density at radius 1 is 1.52 bits per heavy atom. The summed E-state index contributed by atoms with van der Waals surface area (Å²) in [5.41, 5.74) is 1.32. The lowest BCUT2D eigenvalue weighted by molar-refractivity contribution is -0.254. The molecule has 1 aromatic carbocycles. The van der Waals surface area contributed by atoms with E-state index < -0.39 is 5.97 Å². The number of rotatable bonds is 6. The third-order valence-electron chi connectivity index (χ3n) is 2.75. The molecule has 0 aliphatic carbocycles. The molecule has 112 valence electrons. The Morgan fingerprint density at radius 2 is 2.29 bits per heavy atom. The maximum absolute atomic E-state index is 10.9. The van der Waals surface area contributed by atoms with Gasteiger partial charge in [-0.1, -0.05) is 17.4 Å². The van der Waals surface area contributed by atoms with Crippen molar-refractivity contribution in [3.05, 3.63) is 34.3 Å². The number of aromatic carboxylic acids is 1. The van der Waals surface area contributed by atoms with Crippen LogP contribution in [-0.4, -0.2) is 22.7 Å². The number of aryl methyl sites for hydroxylation is 1. The van der Waals surface area contributed by atoms with Gasteiger partial charge in [-0.15, -0.1) is 0 Å². The van der Waals surface area contributed by atoms with Gasteiger partial charge >= 0.3 is 0 Å². The number of thiazole rings is 1. The van der Waals surface area contributed by atoms with Crippen molar-refractivity contribution in [1.82, 2.24) is 4.98 Å². The van der Waals surface area contributed by atoms with Crippen molar-refractivity contribution in [1.29, 1.82) is 0 Å². The van der Waals surface area contributed by atoms with Gasteiger partial charge in [0, 0.05) is 6.54 Å². The van der Waals surface area contributed by atoms with E-state index in [0.717, 1.165) is 16.9 Å². The molecule has 21 heavy (non-hydrogen) atoms. The fraction of sp³-hybridized carbons (Fsp3) is 0.286. The molecule has 6 nitrogen and oxygen atoms in total. The maximum atomic E-state index is 10.9. The molecular weight excluding hydrogens is 292 g/mol. The Kier molecular flexibility index (Phi) is 4.64. The zero-order chi connectivity index (χ0) is 15.4. The first-order valence-corrected chi connectivity index (χ1v) is 7.20. The molecular formula is C14H15N2O4S-. The minimum Gasteiger partial charge on any atom is -0.544 e. The number of phenols is 1. The summed E-state index contributed by atoms with van der Waals surface area (Å²) in [5.74, 6) is -0.714. The summed E-state index contributed by atoms with van der Waals surface area (Å²) in [6, 6.07) is 5.04. The van der Waals surface area contributed by atoms with Gasteiger partial charge in [0.2, 0.25) is 0 Å². The highest BCUT2D eigenvalue weighted by molar-refractivity contribution is 7.17. The molecule has 0 bridgehead atoms. The van der Waals surface area contributed by atoms with Crippen LogP contribution in [0.25, 0.3) is 0 Å². The highest BCUT2D eigenvalue weighted by atomic mass is 32.1. The lowest BCUT2D eigenvalue weighted by Crippen LogP contribution is -2.21. The molecule has 0 amide bonds. The Labute approximate surface area is 126 Å². The van der Waals surface area contributed by atoms with Crippen LogP contribution >= 0.6 is 11.3 Å². The van der Waals surface area contributed by atoms with E-state index in [1.807, 2.05) is 6.92 Å². The summed E-state index contributed by atoms with van der Waals surface area (Å²) in [4.78, 5) is 15.1. The van der Waals surface area contributed by atoms with Crippen molar-refractivity contribution in [2.45, 2.75) is 20.4 Å². The zero-order valence-electron chi connectivity index (χ0n) is 11.7. The SMILES string of the molecule is CCOc1cc(CNc2nc(C)c(C(=O)[O-])s2)ccc1O. The van der Waals surface area contributed by atoms with Gasteiger partial charge in [-0.2, -0.15) is 0 Å². The molecule has 0 atom stereocenters. The van der Waals surface area contributed by atoms with Crippen LogP contribution in [0.2, 0.25) is 0 Å². The van der Waals surface area contributed by atoms with Crippen LogP contribution in [0.4, 0.5) is 5.13 Å². The van der Waals surface area contributed by atoms with E-state index in [-0.39, 0.29) is 10.6 Å². The Hall–Kier alpha value is -2.28. The van der Waals surface area contributed by atoms with Gasteiger partial charge in [-0.3, -0.25) is 0 Å². The molecule has 2 aromatic rings. The minimum atomic E-state index is -1.22. The number of anilines is 1. The predicted molar refractivity (Wildman–Crippen MR) is 77.8 cm³/mol. The summed E-state index contributed by atoms with van der Waals surface area (Å²) in [6.45, 7) is 4.37. The monoisotopic (exact) mass is 307 g/mol. The van der Waals surface area contributed by atoms with Crippen LogP contribution in [0.15, 0.2) is 18.2 Å². The minimum absolute atomic E-state index is 0.0879. The number of carboxylic acids is 1. The highest BCUT2D eigenvalue weighted by Crippen LogP contribution is 2.28. The number of nitrogens with zero attached hydrogens (tertiary/aromatic N) is 1. The topological polar surface area (TPSA) is 94.5 Å². The standard InChI is InChI=1S/C14H16N2O4S/c1-3-20-11-6-9(4-5-10(11)17)7-15-14-16-8(2)12(21-14)13(18)19/h4-6,17H,3,7H2,1-2H3,(H,15,16)(H,18,19)/p-1. The second-order valence-electron chi connectivity index (χ2n) is 4.31. The quantitative estimate of drug-likeness (QED) is 0.840. The average Bonchev–Trinajstić information content (AvgIpc) is 2.81. The molecule has 0 unspecified atom stereocenters. The number of ether oxygens (including phenoxy) is 1. The van der Waals surface area contributed by atoms with E-state index in [9.17, 15) is 15.0 Å². The average molecular weight is 307 g/mol. The fourth-order valence-corrected chi connectivity index (χ4v) is 2.58. The van der Waals surface area contributed by atoms with E-state index >= 15 is 0 Å². The van der Waals surface area contributed by atoms with Crippen molar-refractivity contribution in [3.63, 3.8) is 0 Å². The summed E-state index contributed by atoms with van der Waals surface area (Å²) in [7, 11) is 0. The first kappa shape index (κ1) is 15.1. The second kappa shape index (κ2) is 6.45. The number of aromatic nitrogens is 1. The summed E-state index contributed by atoms with van der Waals surface area (Å²) < 4.78 is 5.31. The van der Waals surface area contributed by atoms with Gasteiger partial charge in [-0.25, -0.2) is 4.98 Å². The number of nitrogens with one attached hydrogen (secondary N) is 1. The van der Waals surface area contributed by atoms with Crippen LogP contribution in [0.3, 0.4) is 0 Å². The molecule has 0 saturated heterocycles. The predicted octanol–water partition coefficient (Wildman–Crippen LogP) is 1.53. The van der Waals surface area contributed by atoms with Crippen LogP contribution in [0.5, 0.6) is 11.5 Å². The van der Waals surface area contributed by atoms with Crippen LogP contribution < -0.4 is 15.2 Å². The Balaban J connectivity index is 2.07. The van der Waals surface area contributed by atoms with Crippen molar-refractivity contribution in [2.75, 3.05) is 11.9 Å². The molecule has 0 radical (unpaired) electrons. The highest BCUT2D eigenvalue weighted by Gasteiger charge is 2.09. The summed E-state index contributed by atoms with van der Waals surface area (Å²) in [6.07, 6.45) is 0. The van der Waals surface area contributed by atoms with Crippen LogP contribution in [0.1, 0.15) is 27.9 Å². The van der Waals surface area contributed by atoms with Crippen LogP contribution in [0, 0.1) is 6.92 Å². The van der Waals surface area contributed by atoms with E-state index in [4.69, 9.17) is 4.74 Å². The van der Waals surface area contributed by atoms with Gasteiger partial charge in [0.15, 0.2) is 16.6 Å². The molecule has 0 aliphatic heterocycles. The third kappa shape index (κ3) is 3.63. The number of phenolic OH excluding ortho intramolecular Hbond substituents is 1.